The lowest BCUT2D eigenvalue weighted by Crippen LogP contribution is -1.97. The lowest BCUT2D eigenvalue weighted by molar-refractivity contribution is 0.412. The molecular weight excluding hydrogens is 214 g/mol. The molecule has 0 aliphatic carbocycles. The number of nitrogens with two attached hydrogens (primary N) is 1. The van der Waals surface area contributed by atoms with E-state index in [1.807, 2.05) is 0 Å². The molecule has 0 aliphatic heterocycles. The van der Waals surface area contributed by atoms with E-state index in [0.29, 0.717) is 5.95 Å². The Balaban J connectivity index is 2.72. The highest BCUT2D eigenvalue weighted by atomic mass is 16.5. The van der Waals surface area contributed by atoms with Crippen LogP contribution in [0.3, 0.4) is 0 Å². The topological polar surface area (TPSA) is 63.9 Å². The monoisotopic (exact) mass is 231 g/mol. The molecule has 0 fully saturated rings. The summed E-state index contributed by atoms with van der Waals surface area (Å²) < 4.78 is 5.51. The summed E-state index contributed by atoms with van der Waals surface area (Å²) in [5, 5.41) is 0. The molecule has 1 aromatic heterocycles. The van der Waals surface area contributed by atoms with Gasteiger partial charge in [0.2, 0.25) is 0 Å². The Hall–Kier alpha value is -1.97. The van der Waals surface area contributed by atoms with Crippen LogP contribution in [0.25, 0.3) is 11.3 Å². The summed E-state index contributed by atoms with van der Waals surface area (Å²) >= 11 is 0. The van der Waals surface area contributed by atoms with Crippen LogP contribution in [0.2, 0.25) is 0 Å². The number of nitrogens with one attached hydrogen (secondary N) is 1. The molecule has 0 aliphatic rings. The molecule has 0 saturated heterocycles. The largest absolute Gasteiger partial charge is 0.496 e. The van der Waals surface area contributed by atoms with E-state index in [1.54, 1.807) is 13.3 Å². The van der Waals surface area contributed by atoms with Gasteiger partial charge in [0.05, 0.1) is 19.0 Å². The second-order valence-corrected chi connectivity index (χ2v) is 4.23. The maximum Gasteiger partial charge on any atom is 0.197 e. The van der Waals surface area contributed by atoms with E-state index in [9.17, 15) is 0 Å². The van der Waals surface area contributed by atoms with Crippen LogP contribution in [-0.2, 0) is 0 Å². The summed E-state index contributed by atoms with van der Waals surface area (Å²) in [5.74, 6) is 1.30. The van der Waals surface area contributed by atoms with Crippen molar-refractivity contribution in [3.8, 4) is 17.0 Å². The first kappa shape index (κ1) is 11.5. The van der Waals surface area contributed by atoms with Crippen LogP contribution >= 0.6 is 0 Å². The fraction of sp³-hybridized carbons (Fsp3) is 0.308. The molecule has 0 unspecified atom stereocenters. The number of imidazole rings is 1. The highest BCUT2D eigenvalue weighted by molar-refractivity contribution is 5.74. The number of nitrogens with zero attached hydrogens (tertiary/aromatic N) is 1. The molecule has 1 aromatic carbocycles. The van der Waals surface area contributed by atoms with Crippen molar-refractivity contribution >= 4 is 5.95 Å². The molecule has 4 heteroatoms. The van der Waals surface area contributed by atoms with E-state index >= 15 is 0 Å². The molecule has 1 heterocycles. The average molecular weight is 231 g/mol. The first-order chi connectivity index (χ1) is 8.04. The van der Waals surface area contributed by atoms with Gasteiger partial charge in [-0.3, -0.25) is 0 Å². The summed E-state index contributed by atoms with van der Waals surface area (Å²) in [7, 11) is 1.68. The van der Waals surface area contributed by atoms with Crippen molar-refractivity contribution in [3.05, 3.63) is 29.0 Å². The minimum absolute atomic E-state index is 0.416. The van der Waals surface area contributed by atoms with Crippen LogP contribution < -0.4 is 10.5 Å². The predicted molar refractivity (Wildman–Crippen MR) is 69.2 cm³/mol. The molecule has 0 atom stereocenters. The fourth-order valence-electron chi connectivity index (χ4n) is 2.10. The summed E-state index contributed by atoms with van der Waals surface area (Å²) in [4.78, 5) is 7.07. The van der Waals surface area contributed by atoms with Crippen molar-refractivity contribution < 1.29 is 4.74 Å². The van der Waals surface area contributed by atoms with Crippen molar-refractivity contribution in [3.63, 3.8) is 0 Å². The highest BCUT2D eigenvalue weighted by Crippen LogP contribution is 2.36. The van der Waals surface area contributed by atoms with Crippen LogP contribution in [0, 0.1) is 20.8 Å². The van der Waals surface area contributed by atoms with Gasteiger partial charge in [-0.25, -0.2) is 4.98 Å². The Morgan fingerprint density at radius 1 is 1.24 bits per heavy atom. The van der Waals surface area contributed by atoms with Crippen molar-refractivity contribution in [2.75, 3.05) is 12.8 Å². The van der Waals surface area contributed by atoms with Gasteiger partial charge in [-0.1, -0.05) is 6.07 Å². The van der Waals surface area contributed by atoms with Gasteiger partial charge < -0.3 is 15.5 Å². The van der Waals surface area contributed by atoms with Gasteiger partial charge in [-0.15, -0.1) is 0 Å². The highest BCUT2D eigenvalue weighted by Gasteiger charge is 2.15. The maximum absolute atomic E-state index is 5.62. The van der Waals surface area contributed by atoms with Gasteiger partial charge in [-0.05, 0) is 37.5 Å². The maximum atomic E-state index is 5.62. The molecule has 3 N–H and O–H groups in total. The number of benzene rings is 1. The predicted octanol–water partition coefficient (Wildman–Crippen LogP) is 2.59. The minimum atomic E-state index is 0.416. The Morgan fingerprint density at radius 2 is 1.94 bits per heavy atom. The molecule has 90 valence electrons. The number of nitrogen functional groups attached to an aromatic ring is 1. The molecule has 2 rings (SSSR count). The molecule has 0 spiro atoms. The van der Waals surface area contributed by atoms with Gasteiger partial charge in [0, 0.05) is 5.56 Å². The van der Waals surface area contributed by atoms with Crippen molar-refractivity contribution in [2.24, 2.45) is 0 Å². The third kappa shape index (κ3) is 1.86. The quantitative estimate of drug-likeness (QED) is 0.835. The molecule has 0 radical (unpaired) electrons. The number of ether oxygens (including phenoxy) is 1. The fourth-order valence-corrected chi connectivity index (χ4v) is 2.10. The van der Waals surface area contributed by atoms with Crippen LogP contribution in [0.5, 0.6) is 5.75 Å². The molecule has 2 aromatic rings. The standard InChI is InChI=1S/C13H17N3O/c1-7-5-8(2)11(12(17-4)9(7)3)10-6-15-13(14)16-10/h5-6H,1-4H3,(H3,14,15,16). The van der Waals surface area contributed by atoms with Gasteiger partial charge in [0.15, 0.2) is 5.95 Å². The number of hydrogen-bond donors (Lipinski definition) is 2. The van der Waals surface area contributed by atoms with Crippen LogP contribution in [0.1, 0.15) is 16.7 Å². The van der Waals surface area contributed by atoms with E-state index in [4.69, 9.17) is 10.5 Å². The SMILES string of the molecule is COc1c(C)c(C)cc(C)c1-c1cnc(N)[nH]1. The number of rotatable bonds is 2. The van der Waals surface area contributed by atoms with E-state index < -0.39 is 0 Å². The number of aromatic amines is 1. The van der Waals surface area contributed by atoms with Crippen LogP contribution in [0.4, 0.5) is 5.95 Å². The first-order valence-corrected chi connectivity index (χ1v) is 5.50. The lowest BCUT2D eigenvalue weighted by Gasteiger charge is -2.15. The van der Waals surface area contributed by atoms with Crippen molar-refractivity contribution in [1.82, 2.24) is 9.97 Å². The smallest absolute Gasteiger partial charge is 0.197 e. The number of methoxy groups -OCH3 is 1. The van der Waals surface area contributed by atoms with Gasteiger partial charge in [0.1, 0.15) is 5.75 Å². The summed E-state index contributed by atoms with van der Waals surface area (Å²) in [6, 6.07) is 2.14. The summed E-state index contributed by atoms with van der Waals surface area (Å²) in [6.45, 7) is 6.19. The van der Waals surface area contributed by atoms with E-state index in [-0.39, 0.29) is 0 Å². The van der Waals surface area contributed by atoms with E-state index in [2.05, 4.69) is 36.8 Å². The van der Waals surface area contributed by atoms with E-state index in [1.165, 1.54) is 5.56 Å². The molecular formula is C13H17N3O. The van der Waals surface area contributed by atoms with E-state index in [0.717, 1.165) is 28.1 Å². The first-order valence-electron chi connectivity index (χ1n) is 5.50. The Kier molecular flexibility index (Phi) is 2.79. The third-order valence-corrected chi connectivity index (χ3v) is 3.06. The number of aryl methyl sites for hydroxylation is 2. The minimum Gasteiger partial charge on any atom is -0.496 e. The Bertz CT molecular complexity index is 558. The zero-order chi connectivity index (χ0) is 12.6. The lowest BCUT2D eigenvalue weighted by atomic mass is 9.97. The molecule has 0 bridgehead atoms. The molecule has 0 amide bonds. The van der Waals surface area contributed by atoms with Gasteiger partial charge >= 0.3 is 0 Å². The summed E-state index contributed by atoms with van der Waals surface area (Å²) in [5.41, 5.74) is 11.0. The van der Waals surface area contributed by atoms with Crippen LogP contribution in [0.15, 0.2) is 12.3 Å². The van der Waals surface area contributed by atoms with Crippen molar-refractivity contribution in [1.29, 1.82) is 0 Å². The van der Waals surface area contributed by atoms with Gasteiger partial charge in [0.25, 0.3) is 0 Å². The second kappa shape index (κ2) is 4.13. The zero-order valence-electron chi connectivity index (χ0n) is 10.6. The average Bonchev–Trinajstić information content (AvgIpc) is 2.69. The number of hydrogen-bond acceptors (Lipinski definition) is 3. The third-order valence-electron chi connectivity index (χ3n) is 3.06. The number of anilines is 1. The summed E-state index contributed by atoms with van der Waals surface area (Å²) in [6.07, 6.45) is 1.73. The number of aromatic nitrogens is 2. The molecule has 17 heavy (non-hydrogen) atoms. The van der Waals surface area contributed by atoms with Crippen molar-refractivity contribution in [2.45, 2.75) is 20.8 Å². The normalized spacial score (nSPS) is 10.6. The number of H-pyrrole nitrogens is 1. The molecule has 0 saturated carbocycles. The molecule has 4 nitrogen and oxygen atoms in total. The zero-order valence-corrected chi connectivity index (χ0v) is 10.6. The Morgan fingerprint density at radius 3 is 2.47 bits per heavy atom. The Labute approximate surface area is 101 Å². The van der Waals surface area contributed by atoms with Gasteiger partial charge in [-0.2, -0.15) is 0 Å². The van der Waals surface area contributed by atoms with Crippen LogP contribution in [-0.4, -0.2) is 17.1 Å². The second-order valence-electron chi connectivity index (χ2n) is 4.23.